The van der Waals surface area contributed by atoms with E-state index in [9.17, 15) is 0 Å². The summed E-state index contributed by atoms with van der Waals surface area (Å²) in [5.41, 5.74) is 10.7. The second-order valence-corrected chi connectivity index (χ2v) is 2.88. The molecular weight excluding hydrogens is 229 g/mol. The van der Waals surface area contributed by atoms with E-state index in [0.717, 1.165) is 3.57 Å². The van der Waals surface area contributed by atoms with Crippen LogP contribution in [0.4, 0.5) is 11.6 Å². The van der Waals surface area contributed by atoms with E-state index in [2.05, 4.69) is 27.6 Å². The molecule has 0 atom stereocenters. The summed E-state index contributed by atoms with van der Waals surface area (Å²) < 4.78 is 1.01. The van der Waals surface area contributed by atoms with Crippen molar-refractivity contribution in [2.75, 3.05) is 11.5 Å². The average molecular weight is 235 g/mol. The summed E-state index contributed by atoms with van der Waals surface area (Å²) in [6.07, 6.45) is 0. The SMILES string of the molecule is Nc1cc(I)cc(N)n1. The van der Waals surface area contributed by atoms with E-state index in [-0.39, 0.29) is 0 Å². The summed E-state index contributed by atoms with van der Waals surface area (Å²) in [5.74, 6) is 0.943. The lowest BCUT2D eigenvalue weighted by Gasteiger charge is -1.94. The minimum atomic E-state index is 0.472. The van der Waals surface area contributed by atoms with Crippen LogP contribution in [0.2, 0.25) is 0 Å². The van der Waals surface area contributed by atoms with Crippen LogP contribution >= 0.6 is 22.6 Å². The molecule has 0 radical (unpaired) electrons. The van der Waals surface area contributed by atoms with E-state index < -0.39 is 0 Å². The summed E-state index contributed by atoms with van der Waals surface area (Å²) >= 11 is 2.13. The van der Waals surface area contributed by atoms with Gasteiger partial charge in [0.1, 0.15) is 11.6 Å². The molecule has 4 N–H and O–H groups in total. The van der Waals surface area contributed by atoms with Gasteiger partial charge in [0.15, 0.2) is 0 Å². The lowest BCUT2D eigenvalue weighted by Crippen LogP contribution is -1.95. The fraction of sp³-hybridized carbons (Fsp3) is 0. The number of hydrogen-bond acceptors (Lipinski definition) is 3. The van der Waals surface area contributed by atoms with Crippen molar-refractivity contribution < 1.29 is 0 Å². The largest absolute Gasteiger partial charge is 0.384 e. The van der Waals surface area contributed by atoms with Gasteiger partial charge in [-0.3, -0.25) is 0 Å². The number of anilines is 2. The van der Waals surface area contributed by atoms with Gasteiger partial charge in [-0.1, -0.05) is 0 Å². The van der Waals surface area contributed by atoms with E-state index >= 15 is 0 Å². The summed E-state index contributed by atoms with van der Waals surface area (Å²) in [5, 5.41) is 0. The maximum atomic E-state index is 5.36. The maximum Gasteiger partial charge on any atom is 0.126 e. The summed E-state index contributed by atoms with van der Waals surface area (Å²) in [6, 6.07) is 3.52. The van der Waals surface area contributed by atoms with Gasteiger partial charge in [-0.25, -0.2) is 4.98 Å². The van der Waals surface area contributed by atoms with Gasteiger partial charge >= 0.3 is 0 Å². The minimum Gasteiger partial charge on any atom is -0.384 e. The molecule has 4 heteroatoms. The lowest BCUT2D eigenvalue weighted by molar-refractivity contribution is 1.33. The van der Waals surface area contributed by atoms with E-state index in [1.807, 2.05) is 0 Å². The number of aromatic nitrogens is 1. The fourth-order valence-electron chi connectivity index (χ4n) is 0.538. The first-order valence-electron chi connectivity index (χ1n) is 2.37. The average Bonchev–Trinajstić information content (AvgIpc) is 1.59. The van der Waals surface area contributed by atoms with Gasteiger partial charge in [0.05, 0.1) is 0 Å². The van der Waals surface area contributed by atoms with Gasteiger partial charge < -0.3 is 11.5 Å². The fourth-order valence-corrected chi connectivity index (χ4v) is 1.18. The van der Waals surface area contributed by atoms with E-state index in [4.69, 9.17) is 11.5 Å². The highest BCUT2D eigenvalue weighted by Crippen LogP contribution is 2.10. The van der Waals surface area contributed by atoms with Crippen LogP contribution < -0.4 is 11.5 Å². The molecule has 1 rings (SSSR count). The van der Waals surface area contributed by atoms with Crippen LogP contribution in [0.25, 0.3) is 0 Å². The highest BCUT2D eigenvalue weighted by atomic mass is 127. The van der Waals surface area contributed by atoms with Crippen LogP contribution in [-0.4, -0.2) is 4.98 Å². The van der Waals surface area contributed by atoms with Gasteiger partial charge in [0.25, 0.3) is 0 Å². The van der Waals surface area contributed by atoms with Crippen molar-refractivity contribution in [3.8, 4) is 0 Å². The van der Waals surface area contributed by atoms with Gasteiger partial charge in [0, 0.05) is 3.57 Å². The first kappa shape index (κ1) is 6.60. The smallest absolute Gasteiger partial charge is 0.126 e. The molecule has 1 heterocycles. The highest BCUT2D eigenvalue weighted by Gasteiger charge is 1.91. The van der Waals surface area contributed by atoms with Crippen LogP contribution in [0, 0.1) is 3.57 Å². The number of hydrogen-bond donors (Lipinski definition) is 2. The molecule has 0 amide bonds. The zero-order valence-electron chi connectivity index (χ0n) is 4.63. The third-order valence-corrected chi connectivity index (χ3v) is 1.45. The third kappa shape index (κ3) is 1.70. The number of pyridine rings is 1. The van der Waals surface area contributed by atoms with Crippen LogP contribution in [0.1, 0.15) is 0 Å². The van der Waals surface area contributed by atoms with Crippen LogP contribution in [-0.2, 0) is 0 Å². The highest BCUT2D eigenvalue weighted by molar-refractivity contribution is 14.1. The number of nitrogen functional groups attached to an aromatic ring is 2. The van der Waals surface area contributed by atoms with Crippen molar-refractivity contribution >= 4 is 34.2 Å². The predicted octanol–water partition coefficient (Wildman–Crippen LogP) is 0.851. The second-order valence-electron chi connectivity index (χ2n) is 1.64. The van der Waals surface area contributed by atoms with Gasteiger partial charge in [-0.05, 0) is 34.7 Å². The van der Waals surface area contributed by atoms with Crippen molar-refractivity contribution in [2.24, 2.45) is 0 Å². The Balaban J connectivity index is 3.17. The summed E-state index contributed by atoms with van der Waals surface area (Å²) in [4.78, 5) is 3.79. The Morgan fingerprint density at radius 1 is 1.22 bits per heavy atom. The van der Waals surface area contributed by atoms with E-state index in [1.54, 1.807) is 12.1 Å². The lowest BCUT2D eigenvalue weighted by atomic mass is 10.4. The Morgan fingerprint density at radius 2 is 1.67 bits per heavy atom. The normalized spacial score (nSPS) is 9.44. The minimum absolute atomic E-state index is 0.472. The number of nitrogens with zero attached hydrogens (tertiary/aromatic N) is 1. The molecule has 0 fully saturated rings. The van der Waals surface area contributed by atoms with Crippen molar-refractivity contribution in [3.05, 3.63) is 15.7 Å². The van der Waals surface area contributed by atoms with E-state index in [1.165, 1.54) is 0 Å². The topological polar surface area (TPSA) is 64.9 Å². The van der Waals surface area contributed by atoms with Crippen molar-refractivity contribution in [1.82, 2.24) is 4.98 Å². The molecule has 1 aromatic heterocycles. The zero-order chi connectivity index (χ0) is 6.85. The van der Waals surface area contributed by atoms with Crippen LogP contribution in [0.3, 0.4) is 0 Å². The van der Waals surface area contributed by atoms with Crippen LogP contribution in [0.5, 0.6) is 0 Å². The monoisotopic (exact) mass is 235 g/mol. The van der Waals surface area contributed by atoms with Crippen molar-refractivity contribution in [1.29, 1.82) is 0 Å². The number of halogens is 1. The predicted molar refractivity (Wildman–Crippen MR) is 45.8 cm³/mol. The number of rotatable bonds is 0. The van der Waals surface area contributed by atoms with Gasteiger partial charge in [0.2, 0.25) is 0 Å². The van der Waals surface area contributed by atoms with Crippen molar-refractivity contribution in [2.45, 2.75) is 0 Å². The molecule has 48 valence electrons. The molecular formula is C5H6IN3. The first-order valence-corrected chi connectivity index (χ1v) is 3.45. The second kappa shape index (κ2) is 2.38. The molecule has 0 aliphatic rings. The molecule has 3 nitrogen and oxygen atoms in total. The Labute approximate surface area is 66.6 Å². The standard InChI is InChI=1S/C5H6IN3/c6-3-1-4(7)9-5(8)2-3/h1-2H,(H4,7,8,9). The molecule has 1 aromatic rings. The molecule has 0 aliphatic heterocycles. The molecule has 0 saturated heterocycles. The maximum absolute atomic E-state index is 5.36. The Morgan fingerprint density at radius 3 is 2.00 bits per heavy atom. The number of nitrogens with two attached hydrogens (primary N) is 2. The molecule has 0 aromatic carbocycles. The zero-order valence-corrected chi connectivity index (χ0v) is 6.79. The Bertz CT molecular complexity index is 173. The van der Waals surface area contributed by atoms with Gasteiger partial charge in [-0.15, -0.1) is 0 Å². The quantitative estimate of drug-likeness (QED) is 0.655. The summed E-state index contributed by atoms with van der Waals surface area (Å²) in [6.45, 7) is 0. The van der Waals surface area contributed by atoms with Gasteiger partial charge in [-0.2, -0.15) is 0 Å². The molecule has 0 bridgehead atoms. The molecule has 0 saturated carbocycles. The van der Waals surface area contributed by atoms with E-state index in [0.29, 0.717) is 11.6 Å². The molecule has 9 heavy (non-hydrogen) atoms. The molecule has 0 aliphatic carbocycles. The van der Waals surface area contributed by atoms with Crippen molar-refractivity contribution in [3.63, 3.8) is 0 Å². The first-order chi connectivity index (χ1) is 4.18. The summed E-state index contributed by atoms with van der Waals surface area (Å²) in [7, 11) is 0. The molecule has 0 spiro atoms. The third-order valence-electron chi connectivity index (χ3n) is 0.830. The van der Waals surface area contributed by atoms with Crippen LogP contribution in [0.15, 0.2) is 12.1 Å². The molecule has 0 unspecified atom stereocenters. The Kier molecular flexibility index (Phi) is 1.75. The Hall–Kier alpha value is -0.520.